The minimum absolute atomic E-state index is 0.0553. The average molecular weight is 210 g/mol. The van der Waals surface area contributed by atoms with Crippen molar-refractivity contribution in [3.05, 3.63) is 0 Å². The van der Waals surface area contributed by atoms with Gasteiger partial charge in [-0.25, -0.2) is 0 Å². The first kappa shape index (κ1) is 10.2. The highest BCUT2D eigenvalue weighted by Gasteiger charge is 2.49. The molecule has 0 spiro atoms. The summed E-state index contributed by atoms with van der Waals surface area (Å²) in [5.41, 5.74) is 0. The van der Waals surface area contributed by atoms with Gasteiger partial charge in [-0.05, 0) is 6.92 Å². The fourth-order valence-electron chi connectivity index (χ4n) is 2.05. The summed E-state index contributed by atoms with van der Waals surface area (Å²) < 4.78 is 5.20. The quantitative estimate of drug-likeness (QED) is 0.396. The molecule has 15 heavy (non-hydrogen) atoms. The van der Waals surface area contributed by atoms with Gasteiger partial charge in [0.25, 0.3) is 0 Å². The fourth-order valence-corrected chi connectivity index (χ4v) is 2.05. The summed E-state index contributed by atoms with van der Waals surface area (Å²) in [6, 6.07) is 0. The number of carbonyl (C=O) groups excluding carboxylic acids is 4. The fraction of sp³-hybridized carbons (Fsp3) is 0.600. The molecule has 2 aliphatic rings. The van der Waals surface area contributed by atoms with E-state index in [-0.39, 0.29) is 18.6 Å². The SMILES string of the molecule is CC1OC2CC(=O)CC(=O)C2C(=O)C1=O. The van der Waals surface area contributed by atoms with Crippen LogP contribution in [0.2, 0.25) is 0 Å². The predicted octanol–water partition coefficient (Wildman–Crippen LogP) is -0.540. The van der Waals surface area contributed by atoms with Crippen LogP contribution >= 0.6 is 0 Å². The van der Waals surface area contributed by atoms with Gasteiger partial charge in [-0.3, -0.25) is 19.2 Å². The number of fused-ring (bicyclic) bond motifs is 1. The third kappa shape index (κ3) is 1.52. The van der Waals surface area contributed by atoms with Crippen LogP contribution in [0, 0.1) is 5.92 Å². The number of hydrogen-bond acceptors (Lipinski definition) is 5. The van der Waals surface area contributed by atoms with Crippen LogP contribution < -0.4 is 0 Å². The lowest BCUT2D eigenvalue weighted by Gasteiger charge is -2.34. The molecule has 0 N–H and O–H groups in total. The van der Waals surface area contributed by atoms with Crippen LogP contribution in [0.3, 0.4) is 0 Å². The normalized spacial score (nSPS) is 36.7. The molecule has 80 valence electrons. The zero-order valence-corrected chi connectivity index (χ0v) is 8.19. The van der Waals surface area contributed by atoms with E-state index in [2.05, 4.69) is 0 Å². The summed E-state index contributed by atoms with van der Waals surface area (Å²) in [5.74, 6) is -3.11. The van der Waals surface area contributed by atoms with E-state index in [1.807, 2.05) is 0 Å². The summed E-state index contributed by atoms with van der Waals surface area (Å²) in [6.45, 7) is 1.46. The van der Waals surface area contributed by atoms with Crippen molar-refractivity contribution in [2.24, 2.45) is 5.92 Å². The van der Waals surface area contributed by atoms with Gasteiger partial charge in [-0.2, -0.15) is 0 Å². The third-order valence-electron chi connectivity index (χ3n) is 2.79. The molecule has 3 atom stereocenters. The topological polar surface area (TPSA) is 77.5 Å². The van der Waals surface area contributed by atoms with E-state index in [0.29, 0.717) is 0 Å². The van der Waals surface area contributed by atoms with E-state index in [0.717, 1.165) is 0 Å². The summed E-state index contributed by atoms with van der Waals surface area (Å²) in [5, 5.41) is 0. The minimum atomic E-state index is -1.04. The first-order valence-corrected chi connectivity index (χ1v) is 4.78. The van der Waals surface area contributed by atoms with Gasteiger partial charge < -0.3 is 4.74 Å². The molecule has 1 saturated heterocycles. The Hall–Kier alpha value is -1.36. The highest BCUT2D eigenvalue weighted by molar-refractivity contribution is 6.44. The number of rotatable bonds is 0. The summed E-state index contributed by atoms with van der Waals surface area (Å²) >= 11 is 0. The first-order valence-electron chi connectivity index (χ1n) is 4.78. The summed E-state index contributed by atoms with van der Waals surface area (Å²) in [4.78, 5) is 45.4. The van der Waals surface area contributed by atoms with Crippen LogP contribution in [0.25, 0.3) is 0 Å². The maximum absolute atomic E-state index is 11.5. The monoisotopic (exact) mass is 210 g/mol. The smallest absolute Gasteiger partial charge is 0.227 e. The molecular weight excluding hydrogens is 200 g/mol. The van der Waals surface area contributed by atoms with Gasteiger partial charge in [0.15, 0.2) is 5.78 Å². The third-order valence-corrected chi connectivity index (χ3v) is 2.79. The average Bonchev–Trinajstić information content (AvgIpc) is 2.13. The lowest BCUT2D eigenvalue weighted by Crippen LogP contribution is -2.54. The molecular formula is C10H10O5. The Bertz CT molecular complexity index is 370. The summed E-state index contributed by atoms with van der Waals surface area (Å²) in [6.07, 6.45) is -1.76. The zero-order chi connectivity index (χ0) is 11.2. The second kappa shape index (κ2) is 3.34. The predicted molar refractivity (Wildman–Crippen MR) is 47.1 cm³/mol. The van der Waals surface area contributed by atoms with Crippen molar-refractivity contribution in [1.82, 2.24) is 0 Å². The molecule has 3 unspecified atom stereocenters. The molecule has 1 aliphatic carbocycles. The lowest BCUT2D eigenvalue weighted by atomic mass is 9.78. The van der Waals surface area contributed by atoms with E-state index in [9.17, 15) is 19.2 Å². The van der Waals surface area contributed by atoms with Gasteiger partial charge in [0.2, 0.25) is 11.6 Å². The molecule has 1 aliphatic heterocycles. The molecule has 0 amide bonds. The number of Topliss-reactive ketones (excluding diaryl/α,β-unsaturated/α-hetero) is 4. The number of carbonyl (C=O) groups is 4. The highest BCUT2D eigenvalue weighted by Crippen LogP contribution is 2.28. The lowest BCUT2D eigenvalue weighted by molar-refractivity contribution is -0.168. The molecule has 1 heterocycles. The van der Waals surface area contributed by atoms with Crippen molar-refractivity contribution in [3.63, 3.8) is 0 Å². The van der Waals surface area contributed by atoms with Crippen LogP contribution in [0.5, 0.6) is 0 Å². The Kier molecular flexibility index (Phi) is 2.26. The molecule has 0 bridgehead atoms. The molecule has 2 rings (SSSR count). The van der Waals surface area contributed by atoms with Crippen molar-refractivity contribution in [1.29, 1.82) is 0 Å². The largest absolute Gasteiger partial charge is 0.365 e. The van der Waals surface area contributed by atoms with Crippen molar-refractivity contribution in [3.8, 4) is 0 Å². The van der Waals surface area contributed by atoms with Crippen molar-refractivity contribution >= 4 is 23.1 Å². The van der Waals surface area contributed by atoms with Gasteiger partial charge >= 0.3 is 0 Å². The van der Waals surface area contributed by atoms with Gasteiger partial charge in [-0.1, -0.05) is 0 Å². The van der Waals surface area contributed by atoms with Crippen molar-refractivity contribution in [2.45, 2.75) is 32.0 Å². The highest BCUT2D eigenvalue weighted by atomic mass is 16.5. The summed E-state index contributed by atoms with van der Waals surface area (Å²) in [7, 11) is 0. The molecule has 5 heteroatoms. The Labute approximate surface area is 85.8 Å². The van der Waals surface area contributed by atoms with Gasteiger partial charge in [0, 0.05) is 6.42 Å². The second-order valence-corrected chi connectivity index (χ2v) is 3.91. The van der Waals surface area contributed by atoms with Crippen LogP contribution in [0.1, 0.15) is 19.8 Å². The number of ketones is 4. The standard InChI is InChI=1S/C10H10O5/c1-4-9(13)10(14)8-6(12)2-5(11)3-7(8)15-4/h4,7-8H,2-3H2,1H3. The maximum atomic E-state index is 11.5. The van der Waals surface area contributed by atoms with Gasteiger partial charge in [0.1, 0.15) is 17.8 Å². The van der Waals surface area contributed by atoms with Crippen LogP contribution in [-0.4, -0.2) is 35.3 Å². The Morgan fingerprint density at radius 3 is 2.47 bits per heavy atom. The molecule has 0 aromatic carbocycles. The van der Waals surface area contributed by atoms with E-state index in [1.165, 1.54) is 6.92 Å². The molecule has 0 radical (unpaired) electrons. The molecule has 1 saturated carbocycles. The van der Waals surface area contributed by atoms with Crippen molar-refractivity contribution in [2.75, 3.05) is 0 Å². The van der Waals surface area contributed by atoms with E-state index >= 15 is 0 Å². The minimum Gasteiger partial charge on any atom is -0.365 e. The first-order chi connectivity index (χ1) is 7.00. The molecule has 5 nitrogen and oxygen atoms in total. The maximum Gasteiger partial charge on any atom is 0.227 e. The second-order valence-electron chi connectivity index (χ2n) is 3.91. The van der Waals surface area contributed by atoms with Gasteiger partial charge in [0.05, 0.1) is 12.5 Å². The Morgan fingerprint density at radius 2 is 1.80 bits per heavy atom. The molecule has 2 fully saturated rings. The van der Waals surface area contributed by atoms with Crippen LogP contribution in [0.4, 0.5) is 0 Å². The van der Waals surface area contributed by atoms with Crippen LogP contribution in [0.15, 0.2) is 0 Å². The molecule has 0 aromatic heterocycles. The number of hydrogen-bond donors (Lipinski definition) is 0. The van der Waals surface area contributed by atoms with E-state index < -0.39 is 35.5 Å². The zero-order valence-electron chi connectivity index (χ0n) is 8.19. The molecule has 0 aromatic rings. The number of ether oxygens (including phenoxy) is 1. The van der Waals surface area contributed by atoms with Crippen LogP contribution in [-0.2, 0) is 23.9 Å². The van der Waals surface area contributed by atoms with Crippen molar-refractivity contribution < 1.29 is 23.9 Å². The van der Waals surface area contributed by atoms with E-state index in [1.54, 1.807) is 0 Å². The Balaban J connectivity index is 2.30. The van der Waals surface area contributed by atoms with Gasteiger partial charge in [-0.15, -0.1) is 0 Å². The van der Waals surface area contributed by atoms with E-state index in [4.69, 9.17) is 4.74 Å². The Morgan fingerprint density at radius 1 is 1.13 bits per heavy atom.